The van der Waals surface area contributed by atoms with Crippen LogP contribution in [0.4, 0.5) is 0 Å². The van der Waals surface area contributed by atoms with Crippen LogP contribution in [0.15, 0.2) is 27.6 Å². The fourth-order valence-corrected chi connectivity index (χ4v) is 4.60. The van der Waals surface area contributed by atoms with Crippen LogP contribution in [0.5, 0.6) is 5.75 Å². The van der Waals surface area contributed by atoms with Crippen LogP contribution in [0.25, 0.3) is 0 Å². The molecule has 1 fully saturated rings. The molecule has 1 heterocycles. The Balaban J connectivity index is 2.38. The van der Waals surface area contributed by atoms with Gasteiger partial charge in [-0.05, 0) is 31.0 Å². The molecule has 0 radical (unpaired) electrons. The number of carbonyl (C=O) groups is 1. The van der Waals surface area contributed by atoms with E-state index in [1.54, 1.807) is 12.1 Å². The van der Waals surface area contributed by atoms with Gasteiger partial charge in [-0.3, -0.25) is 4.79 Å². The van der Waals surface area contributed by atoms with E-state index in [2.05, 4.69) is 15.9 Å². The first-order valence-corrected chi connectivity index (χ1v) is 8.72. The first-order chi connectivity index (χ1) is 9.86. The number of piperidine rings is 1. The topological polar surface area (TPSA) is 89.7 Å². The van der Waals surface area contributed by atoms with Crippen LogP contribution in [-0.2, 0) is 14.8 Å². The third kappa shape index (κ3) is 3.38. The van der Waals surface area contributed by atoms with Crippen molar-refractivity contribution in [2.75, 3.05) is 20.2 Å². The molecule has 1 aliphatic rings. The zero-order valence-electron chi connectivity index (χ0n) is 11.6. The molecular weight excluding hydrogens is 360 g/mol. The van der Waals surface area contributed by atoms with Crippen molar-refractivity contribution in [1.82, 2.24) is 4.31 Å². The number of primary amides is 1. The Morgan fingerprint density at radius 2 is 2.19 bits per heavy atom. The van der Waals surface area contributed by atoms with Crippen molar-refractivity contribution >= 4 is 31.9 Å². The van der Waals surface area contributed by atoms with E-state index >= 15 is 0 Å². The molecule has 21 heavy (non-hydrogen) atoms. The molecule has 0 aromatic heterocycles. The number of amides is 1. The highest BCUT2D eigenvalue weighted by Gasteiger charge is 2.34. The number of methoxy groups -OCH3 is 1. The second kappa shape index (κ2) is 6.33. The fourth-order valence-electron chi connectivity index (χ4n) is 2.38. The number of nitrogens with zero attached hydrogens (tertiary/aromatic N) is 1. The van der Waals surface area contributed by atoms with Crippen LogP contribution in [0.3, 0.4) is 0 Å². The van der Waals surface area contributed by atoms with Crippen molar-refractivity contribution in [3.63, 3.8) is 0 Å². The number of benzene rings is 1. The molecule has 0 unspecified atom stereocenters. The molecule has 1 aromatic carbocycles. The maximum atomic E-state index is 12.8. The van der Waals surface area contributed by atoms with E-state index in [9.17, 15) is 13.2 Å². The summed E-state index contributed by atoms with van der Waals surface area (Å²) in [6.07, 6.45) is 1.24. The number of rotatable bonds is 4. The normalized spacial score (nSPS) is 20.2. The molecule has 1 aromatic rings. The van der Waals surface area contributed by atoms with Gasteiger partial charge in [0.1, 0.15) is 10.6 Å². The van der Waals surface area contributed by atoms with Crippen LogP contribution in [0.1, 0.15) is 12.8 Å². The van der Waals surface area contributed by atoms with Crippen molar-refractivity contribution in [2.24, 2.45) is 11.7 Å². The molecule has 2 rings (SSSR count). The van der Waals surface area contributed by atoms with Gasteiger partial charge in [0.2, 0.25) is 15.9 Å². The summed E-state index contributed by atoms with van der Waals surface area (Å²) >= 11 is 3.26. The molecule has 0 bridgehead atoms. The maximum Gasteiger partial charge on any atom is 0.246 e. The van der Waals surface area contributed by atoms with Gasteiger partial charge in [-0.2, -0.15) is 4.31 Å². The van der Waals surface area contributed by atoms with Crippen LogP contribution in [0, 0.1) is 5.92 Å². The molecule has 0 saturated carbocycles. The molecule has 1 saturated heterocycles. The minimum Gasteiger partial charge on any atom is -0.495 e. The highest BCUT2D eigenvalue weighted by Crippen LogP contribution is 2.31. The number of halogens is 1. The highest BCUT2D eigenvalue weighted by molar-refractivity contribution is 9.10. The Morgan fingerprint density at radius 3 is 2.81 bits per heavy atom. The lowest BCUT2D eigenvalue weighted by Crippen LogP contribution is -2.44. The van der Waals surface area contributed by atoms with Gasteiger partial charge in [0.05, 0.1) is 13.0 Å². The largest absolute Gasteiger partial charge is 0.495 e. The van der Waals surface area contributed by atoms with Crippen molar-refractivity contribution in [2.45, 2.75) is 17.7 Å². The second-order valence-electron chi connectivity index (χ2n) is 4.90. The summed E-state index contributed by atoms with van der Waals surface area (Å²) in [4.78, 5) is 11.4. The van der Waals surface area contributed by atoms with Crippen molar-refractivity contribution in [3.8, 4) is 5.75 Å². The van der Waals surface area contributed by atoms with E-state index in [1.165, 1.54) is 17.5 Å². The summed E-state index contributed by atoms with van der Waals surface area (Å²) in [5, 5.41) is 0. The van der Waals surface area contributed by atoms with Crippen LogP contribution >= 0.6 is 15.9 Å². The zero-order chi connectivity index (χ0) is 15.6. The molecule has 0 aliphatic carbocycles. The SMILES string of the molecule is COc1ccc(Br)cc1S(=O)(=O)N1CCC[C@@H](C(N)=O)C1. The minimum absolute atomic E-state index is 0.0875. The Kier molecular flexibility index (Phi) is 4.90. The van der Waals surface area contributed by atoms with Gasteiger partial charge >= 0.3 is 0 Å². The third-order valence-corrected chi connectivity index (χ3v) is 5.91. The highest BCUT2D eigenvalue weighted by atomic mass is 79.9. The van der Waals surface area contributed by atoms with E-state index in [0.717, 1.165) is 0 Å². The molecule has 1 aliphatic heterocycles. The monoisotopic (exact) mass is 376 g/mol. The number of hydrogen-bond acceptors (Lipinski definition) is 4. The lowest BCUT2D eigenvalue weighted by molar-refractivity contribution is -0.122. The standard InChI is InChI=1S/C13H17BrN2O4S/c1-20-11-5-4-10(14)7-12(11)21(18,19)16-6-2-3-9(8-16)13(15)17/h4-5,7,9H,2-3,6,8H2,1H3,(H2,15,17)/t9-/m1/s1. The summed E-state index contributed by atoms with van der Waals surface area (Å²) in [7, 11) is -2.30. The molecule has 2 N–H and O–H groups in total. The van der Waals surface area contributed by atoms with Crippen molar-refractivity contribution in [3.05, 3.63) is 22.7 Å². The van der Waals surface area contributed by atoms with E-state index in [1.807, 2.05) is 0 Å². The average Bonchev–Trinajstić information content (AvgIpc) is 2.47. The lowest BCUT2D eigenvalue weighted by Gasteiger charge is -2.30. The van der Waals surface area contributed by atoms with Gasteiger partial charge in [0, 0.05) is 17.6 Å². The smallest absolute Gasteiger partial charge is 0.246 e. The van der Waals surface area contributed by atoms with Gasteiger partial charge < -0.3 is 10.5 Å². The van der Waals surface area contributed by atoms with Crippen LogP contribution in [-0.4, -0.2) is 38.8 Å². The van der Waals surface area contributed by atoms with Crippen molar-refractivity contribution in [1.29, 1.82) is 0 Å². The van der Waals surface area contributed by atoms with Gasteiger partial charge in [0.15, 0.2) is 0 Å². The summed E-state index contributed by atoms with van der Waals surface area (Å²) in [6, 6.07) is 4.80. The number of sulfonamides is 1. The van der Waals surface area contributed by atoms with E-state index < -0.39 is 21.8 Å². The number of ether oxygens (including phenoxy) is 1. The zero-order valence-corrected chi connectivity index (χ0v) is 14.0. The van der Waals surface area contributed by atoms with Gasteiger partial charge in [-0.1, -0.05) is 15.9 Å². The maximum absolute atomic E-state index is 12.8. The summed E-state index contributed by atoms with van der Waals surface area (Å²) in [6.45, 7) is 0.495. The second-order valence-corrected chi connectivity index (χ2v) is 7.72. The summed E-state index contributed by atoms with van der Waals surface area (Å²) in [5.41, 5.74) is 5.30. The first-order valence-electron chi connectivity index (χ1n) is 6.49. The molecule has 8 heteroatoms. The van der Waals surface area contributed by atoms with E-state index in [-0.39, 0.29) is 17.2 Å². The summed E-state index contributed by atoms with van der Waals surface area (Å²) < 4.78 is 32.6. The quantitative estimate of drug-likeness (QED) is 0.858. The molecule has 6 nitrogen and oxygen atoms in total. The molecular formula is C13H17BrN2O4S. The predicted molar refractivity (Wildman–Crippen MR) is 81.4 cm³/mol. The predicted octanol–water partition coefficient (Wildman–Crippen LogP) is 1.34. The fraction of sp³-hybridized carbons (Fsp3) is 0.462. The Bertz CT molecular complexity index is 648. The molecule has 116 valence electrons. The Labute approximate surface area is 132 Å². The first kappa shape index (κ1) is 16.3. The van der Waals surface area contributed by atoms with Gasteiger partial charge in [-0.25, -0.2) is 8.42 Å². The van der Waals surface area contributed by atoms with Gasteiger partial charge in [-0.15, -0.1) is 0 Å². The third-order valence-electron chi connectivity index (χ3n) is 3.53. The Morgan fingerprint density at radius 1 is 1.48 bits per heavy atom. The Hall–Kier alpha value is -1.12. The molecule has 0 spiro atoms. The summed E-state index contributed by atoms with van der Waals surface area (Å²) in [5.74, 6) is -0.623. The van der Waals surface area contributed by atoms with Crippen molar-refractivity contribution < 1.29 is 17.9 Å². The van der Waals surface area contributed by atoms with Crippen LogP contribution in [0.2, 0.25) is 0 Å². The molecule has 1 atom stereocenters. The van der Waals surface area contributed by atoms with E-state index in [0.29, 0.717) is 23.9 Å². The number of nitrogens with two attached hydrogens (primary N) is 1. The number of carbonyl (C=O) groups excluding carboxylic acids is 1. The van der Waals surface area contributed by atoms with Crippen LogP contribution < -0.4 is 10.5 Å². The lowest BCUT2D eigenvalue weighted by atomic mass is 9.99. The van der Waals surface area contributed by atoms with E-state index in [4.69, 9.17) is 10.5 Å². The number of hydrogen-bond donors (Lipinski definition) is 1. The molecule has 1 amide bonds. The van der Waals surface area contributed by atoms with Gasteiger partial charge in [0.25, 0.3) is 0 Å². The average molecular weight is 377 g/mol. The minimum atomic E-state index is -3.72.